The molecule has 3 heteroatoms. The lowest BCUT2D eigenvalue weighted by Crippen LogP contribution is -3.00. The number of rotatable bonds is 1. The largest absolute Gasteiger partial charge is 1.00 e. The molecule has 2 saturated heterocycles. The molecule has 78 valence electrons. The fourth-order valence-electron chi connectivity index (χ4n) is 3.23. The first-order chi connectivity index (χ1) is 5.66. The lowest BCUT2D eigenvalue weighted by Gasteiger charge is -2.45. The summed E-state index contributed by atoms with van der Waals surface area (Å²) in [6, 6.07) is 1.51. The molecule has 0 aromatic heterocycles. The van der Waals surface area contributed by atoms with E-state index >= 15 is 0 Å². The van der Waals surface area contributed by atoms with Gasteiger partial charge in [-0.25, -0.2) is 0 Å². The zero-order chi connectivity index (χ0) is 8.77. The molecule has 2 fully saturated rings. The summed E-state index contributed by atoms with van der Waals surface area (Å²) in [5, 5.41) is 9.61. The number of aliphatic hydroxyl groups excluding tert-OH is 1. The Labute approximate surface area is 97.9 Å². The molecule has 2 rings (SSSR count). The molecule has 0 aliphatic carbocycles. The minimum Gasteiger partial charge on any atom is -1.00 e. The number of hydrogen-bond acceptors (Lipinski definition) is 1. The maximum atomic E-state index is 9.61. The molecule has 2 aliphatic heterocycles. The van der Waals surface area contributed by atoms with Crippen molar-refractivity contribution >= 4 is 0 Å². The maximum Gasteiger partial charge on any atom is 0.0917 e. The van der Waals surface area contributed by atoms with Crippen molar-refractivity contribution in [3.05, 3.63) is 0 Å². The van der Waals surface area contributed by atoms with Gasteiger partial charge < -0.3 is 33.6 Å². The Morgan fingerprint density at radius 3 is 2.08 bits per heavy atom. The van der Waals surface area contributed by atoms with Crippen LogP contribution in [0.4, 0.5) is 0 Å². The van der Waals surface area contributed by atoms with Crippen molar-refractivity contribution in [1.29, 1.82) is 0 Å². The van der Waals surface area contributed by atoms with Crippen LogP contribution in [0.5, 0.6) is 0 Å². The molecular weight excluding hydrogens is 277 g/mol. The topological polar surface area (TPSA) is 20.2 Å². The van der Waals surface area contributed by atoms with Crippen molar-refractivity contribution in [3.8, 4) is 0 Å². The Hall–Kier alpha value is 0.650. The van der Waals surface area contributed by atoms with E-state index in [1.54, 1.807) is 0 Å². The van der Waals surface area contributed by atoms with Gasteiger partial charge in [0.15, 0.2) is 0 Å². The molecule has 4 atom stereocenters. The first-order valence-corrected chi connectivity index (χ1v) is 5.19. The third-order valence-corrected chi connectivity index (χ3v) is 4.27. The number of piperidine rings is 1. The van der Waals surface area contributed by atoms with Gasteiger partial charge in [-0.1, -0.05) is 0 Å². The Balaban J connectivity index is 0.000000845. The second-order valence-electron chi connectivity index (χ2n) is 4.67. The highest BCUT2D eigenvalue weighted by Crippen LogP contribution is 2.40. The SMILES string of the molecule is CC[N+]1(C)[C@@H]2CC[C@H]1CC(O)C2.[I-]. The molecule has 0 radical (unpaired) electrons. The molecule has 13 heavy (non-hydrogen) atoms. The summed E-state index contributed by atoms with van der Waals surface area (Å²) >= 11 is 0. The molecule has 0 spiro atoms. The molecule has 2 nitrogen and oxygen atoms in total. The quantitative estimate of drug-likeness (QED) is 0.445. The number of fused-ring (bicyclic) bond motifs is 2. The van der Waals surface area contributed by atoms with Crippen LogP contribution >= 0.6 is 0 Å². The Morgan fingerprint density at radius 2 is 1.69 bits per heavy atom. The van der Waals surface area contributed by atoms with Crippen LogP contribution in [0, 0.1) is 0 Å². The van der Waals surface area contributed by atoms with Crippen molar-refractivity contribution in [2.75, 3.05) is 13.6 Å². The van der Waals surface area contributed by atoms with Crippen LogP contribution in [0.3, 0.4) is 0 Å². The molecule has 0 aromatic rings. The van der Waals surface area contributed by atoms with Crippen molar-refractivity contribution in [3.63, 3.8) is 0 Å². The fraction of sp³-hybridized carbons (Fsp3) is 1.00. The molecule has 0 aromatic carbocycles. The van der Waals surface area contributed by atoms with E-state index in [1.807, 2.05) is 0 Å². The summed E-state index contributed by atoms with van der Waals surface area (Å²) in [6.07, 6.45) is 4.76. The summed E-state index contributed by atoms with van der Waals surface area (Å²) in [6.45, 7) is 3.52. The average Bonchev–Trinajstić information content (AvgIpc) is 2.24. The van der Waals surface area contributed by atoms with Crippen LogP contribution in [0.15, 0.2) is 0 Å². The van der Waals surface area contributed by atoms with E-state index in [2.05, 4.69) is 14.0 Å². The highest BCUT2D eigenvalue weighted by atomic mass is 127. The molecule has 2 aliphatic rings. The standard InChI is InChI=1S/C10H20NO.HI/c1-3-11(2)8-4-5-9(11)7-10(12)6-8;/h8-10,12H,3-7H2,1-2H3;1H/q+1;/p-1/t8-,9+,10?,11?;. The highest BCUT2D eigenvalue weighted by Gasteiger charge is 2.49. The van der Waals surface area contributed by atoms with Gasteiger partial charge in [-0.05, 0) is 6.92 Å². The van der Waals surface area contributed by atoms with Gasteiger partial charge in [0.25, 0.3) is 0 Å². The third-order valence-electron chi connectivity index (χ3n) is 4.27. The van der Waals surface area contributed by atoms with Crippen LogP contribution in [0.2, 0.25) is 0 Å². The zero-order valence-electron chi connectivity index (χ0n) is 8.54. The van der Waals surface area contributed by atoms with Gasteiger partial charge in [-0.2, -0.15) is 0 Å². The molecular formula is C10H20INO. The van der Waals surface area contributed by atoms with E-state index < -0.39 is 0 Å². The van der Waals surface area contributed by atoms with E-state index in [0.29, 0.717) is 0 Å². The molecule has 2 unspecified atom stereocenters. The Bertz CT molecular complexity index is 172. The number of hydrogen-bond donors (Lipinski definition) is 1. The van der Waals surface area contributed by atoms with Gasteiger partial charge in [0.1, 0.15) is 0 Å². The molecule has 0 amide bonds. The first-order valence-electron chi connectivity index (χ1n) is 5.19. The van der Waals surface area contributed by atoms with Crippen LogP contribution in [0.1, 0.15) is 32.6 Å². The first kappa shape index (κ1) is 11.7. The van der Waals surface area contributed by atoms with Crippen LogP contribution < -0.4 is 24.0 Å². The lowest BCUT2D eigenvalue weighted by molar-refractivity contribution is -0.947. The number of quaternary nitrogens is 1. The minimum absolute atomic E-state index is 0. The summed E-state index contributed by atoms with van der Waals surface area (Å²) < 4.78 is 1.23. The van der Waals surface area contributed by atoms with Crippen molar-refractivity contribution in [2.45, 2.75) is 50.8 Å². The highest BCUT2D eigenvalue weighted by molar-refractivity contribution is 4.85. The average molecular weight is 297 g/mol. The molecule has 2 heterocycles. The number of aliphatic hydroxyl groups is 1. The predicted molar refractivity (Wildman–Crippen MR) is 48.8 cm³/mol. The number of nitrogens with zero attached hydrogens (tertiary/aromatic N) is 1. The van der Waals surface area contributed by atoms with Gasteiger partial charge in [0.05, 0.1) is 31.8 Å². The summed E-state index contributed by atoms with van der Waals surface area (Å²) in [4.78, 5) is 0. The summed E-state index contributed by atoms with van der Waals surface area (Å²) in [7, 11) is 2.37. The van der Waals surface area contributed by atoms with Crippen LogP contribution in [-0.4, -0.2) is 41.4 Å². The second-order valence-corrected chi connectivity index (χ2v) is 4.67. The van der Waals surface area contributed by atoms with Gasteiger partial charge in [-0.15, -0.1) is 0 Å². The van der Waals surface area contributed by atoms with Gasteiger partial charge in [0, 0.05) is 25.7 Å². The van der Waals surface area contributed by atoms with E-state index in [-0.39, 0.29) is 30.1 Å². The summed E-state index contributed by atoms with van der Waals surface area (Å²) in [5.74, 6) is 0. The van der Waals surface area contributed by atoms with Gasteiger partial charge >= 0.3 is 0 Å². The number of halogens is 1. The maximum absolute atomic E-state index is 9.61. The van der Waals surface area contributed by atoms with Gasteiger partial charge in [-0.3, -0.25) is 0 Å². The van der Waals surface area contributed by atoms with Crippen molar-refractivity contribution < 1.29 is 33.6 Å². The Kier molecular flexibility index (Phi) is 3.63. The second kappa shape index (κ2) is 4.03. The van der Waals surface area contributed by atoms with Gasteiger partial charge in [0.2, 0.25) is 0 Å². The lowest BCUT2D eigenvalue weighted by atomic mass is 9.97. The fourth-order valence-corrected chi connectivity index (χ4v) is 3.23. The van der Waals surface area contributed by atoms with E-state index in [4.69, 9.17) is 0 Å². The Morgan fingerprint density at radius 1 is 1.23 bits per heavy atom. The predicted octanol–water partition coefficient (Wildman–Crippen LogP) is -1.86. The molecule has 2 bridgehead atoms. The summed E-state index contributed by atoms with van der Waals surface area (Å²) in [5.41, 5.74) is 0. The van der Waals surface area contributed by atoms with Crippen molar-refractivity contribution in [2.24, 2.45) is 0 Å². The van der Waals surface area contributed by atoms with E-state index in [0.717, 1.165) is 24.9 Å². The van der Waals surface area contributed by atoms with E-state index in [9.17, 15) is 5.11 Å². The normalized spacial score (nSPS) is 48.7. The third kappa shape index (κ3) is 1.75. The minimum atomic E-state index is 0. The zero-order valence-corrected chi connectivity index (χ0v) is 10.7. The van der Waals surface area contributed by atoms with Crippen LogP contribution in [0.25, 0.3) is 0 Å². The monoisotopic (exact) mass is 297 g/mol. The van der Waals surface area contributed by atoms with E-state index in [1.165, 1.54) is 23.9 Å². The smallest absolute Gasteiger partial charge is 0.0917 e. The van der Waals surface area contributed by atoms with Crippen molar-refractivity contribution in [1.82, 2.24) is 0 Å². The molecule has 0 saturated carbocycles. The molecule has 1 N–H and O–H groups in total. The van der Waals surface area contributed by atoms with Crippen LogP contribution in [-0.2, 0) is 0 Å².